The molecule has 0 amide bonds. The third-order valence-corrected chi connectivity index (χ3v) is 8.55. The Morgan fingerprint density at radius 1 is 1.23 bits per heavy atom. The van der Waals surface area contributed by atoms with E-state index >= 15 is 0 Å². The lowest BCUT2D eigenvalue weighted by Gasteiger charge is -2.41. The van der Waals surface area contributed by atoms with Gasteiger partial charge in [-0.15, -0.1) is 11.3 Å². The van der Waals surface area contributed by atoms with Crippen LogP contribution in [-0.4, -0.2) is 62.2 Å². The Morgan fingerprint density at radius 3 is 2.68 bits per heavy atom. The SMILES string of the molecule is C[C@H](c1ccc2scnc2c1)N1CCC2(CC1)CN(c1ncc(S(C)(=N)=O)cn1)CN2. The molecule has 2 aliphatic heterocycles. The van der Waals surface area contributed by atoms with Gasteiger partial charge in [0.05, 0.1) is 37.0 Å². The van der Waals surface area contributed by atoms with E-state index in [2.05, 4.69) is 55.2 Å². The predicted octanol–water partition coefficient (Wildman–Crippen LogP) is 3.08. The Bertz CT molecular complexity index is 1180. The van der Waals surface area contributed by atoms with Gasteiger partial charge in [0.25, 0.3) is 0 Å². The third-order valence-electron chi connectivity index (χ3n) is 6.63. The number of aromatic nitrogens is 3. The largest absolute Gasteiger partial charge is 0.326 e. The van der Waals surface area contributed by atoms with Crippen molar-refractivity contribution < 1.29 is 4.21 Å². The second-order valence-electron chi connectivity index (χ2n) is 8.67. The summed E-state index contributed by atoms with van der Waals surface area (Å²) in [6, 6.07) is 7.01. The van der Waals surface area contributed by atoms with Gasteiger partial charge in [0.2, 0.25) is 5.95 Å². The number of likely N-dealkylation sites (tertiary alicyclic amines) is 1. The van der Waals surface area contributed by atoms with E-state index in [0.29, 0.717) is 23.6 Å². The van der Waals surface area contributed by atoms with E-state index in [1.807, 2.05) is 5.51 Å². The average Bonchev–Trinajstić information content (AvgIpc) is 3.40. The monoisotopic (exact) mass is 457 g/mol. The molecule has 31 heavy (non-hydrogen) atoms. The normalized spacial score (nSPS) is 22.1. The fraction of sp³-hybridized carbons (Fsp3) is 0.476. The summed E-state index contributed by atoms with van der Waals surface area (Å²) in [6.45, 7) is 5.92. The molecule has 0 saturated carbocycles. The van der Waals surface area contributed by atoms with Crippen LogP contribution >= 0.6 is 11.3 Å². The minimum absolute atomic E-state index is 0.0742. The number of anilines is 1. The number of fused-ring (bicyclic) bond motifs is 1. The molecule has 8 nitrogen and oxygen atoms in total. The van der Waals surface area contributed by atoms with Crippen LogP contribution in [0.2, 0.25) is 0 Å². The number of rotatable bonds is 4. The first-order valence-corrected chi connectivity index (χ1v) is 13.3. The molecule has 5 rings (SSSR count). The van der Waals surface area contributed by atoms with Crippen LogP contribution in [0.1, 0.15) is 31.4 Å². The molecule has 1 aromatic carbocycles. The van der Waals surface area contributed by atoms with Gasteiger partial charge in [-0.2, -0.15) is 0 Å². The van der Waals surface area contributed by atoms with Crippen molar-refractivity contribution in [2.45, 2.75) is 36.2 Å². The van der Waals surface area contributed by atoms with Crippen LogP contribution in [0.5, 0.6) is 0 Å². The van der Waals surface area contributed by atoms with Crippen molar-refractivity contribution in [2.75, 3.05) is 37.5 Å². The predicted molar refractivity (Wildman–Crippen MR) is 124 cm³/mol. The van der Waals surface area contributed by atoms with E-state index in [9.17, 15) is 4.21 Å². The molecule has 3 aromatic rings. The van der Waals surface area contributed by atoms with Crippen LogP contribution < -0.4 is 10.2 Å². The number of benzene rings is 1. The molecule has 164 valence electrons. The summed E-state index contributed by atoms with van der Waals surface area (Å²) in [6.07, 6.45) is 6.57. The van der Waals surface area contributed by atoms with Crippen molar-refractivity contribution >= 4 is 37.2 Å². The van der Waals surface area contributed by atoms with Crippen LogP contribution in [0, 0.1) is 4.78 Å². The third kappa shape index (κ3) is 4.05. The van der Waals surface area contributed by atoms with Gasteiger partial charge >= 0.3 is 0 Å². The van der Waals surface area contributed by atoms with Crippen LogP contribution in [-0.2, 0) is 9.73 Å². The van der Waals surface area contributed by atoms with Gasteiger partial charge in [-0.3, -0.25) is 10.2 Å². The van der Waals surface area contributed by atoms with Crippen molar-refractivity contribution in [3.05, 3.63) is 41.7 Å². The Labute approximate surface area is 186 Å². The lowest BCUT2D eigenvalue weighted by molar-refractivity contribution is 0.120. The molecule has 1 unspecified atom stereocenters. The molecular weight excluding hydrogens is 430 g/mol. The molecule has 0 bridgehead atoms. The van der Waals surface area contributed by atoms with Crippen molar-refractivity contribution in [3.8, 4) is 0 Å². The van der Waals surface area contributed by atoms with E-state index in [1.54, 1.807) is 11.3 Å². The summed E-state index contributed by atoms with van der Waals surface area (Å²) >= 11 is 1.68. The van der Waals surface area contributed by atoms with Crippen molar-refractivity contribution in [1.29, 1.82) is 4.78 Å². The van der Waals surface area contributed by atoms with Gasteiger partial charge in [-0.05, 0) is 37.5 Å². The minimum Gasteiger partial charge on any atom is -0.326 e. The lowest BCUT2D eigenvalue weighted by Crippen LogP contribution is -2.52. The molecule has 2 N–H and O–H groups in total. The second kappa shape index (κ2) is 7.77. The van der Waals surface area contributed by atoms with E-state index in [0.717, 1.165) is 38.0 Å². The lowest BCUT2D eigenvalue weighted by atomic mass is 9.87. The summed E-state index contributed by atoms with van der Waals surface area (Å²) in [7, 11) is -2.78. The Hall–Kier alpha value is -2.14. The van der Waals surface area contributed by atoms with E-state index < -0.39 is 9.73 Å². The number of nitrogens with one attached hydrogen (secondary N) is 2. The van der Waals surface area contributed by atoms with Gasteiger partial charge in [0.15, 0.2) is 0 Å². The van der Waals surface area contributed by atoms with Crippen LogP contribution in [0.15, 0.2) is 41.0 Å². The summed E-state index contributed by atoms with van der Waals surface area (Å²) in [5.74, 6) is 0.629. The zero-order chi connectivity index (χ0) is 21.6. The molecule has 0 aliphatic carbocycles. The molecule has 2 saturated heterocycles. The quantitative estimate of drug-likeness (QED) is 0.621. The maximum atomic E-state index is 11.9. The Balaban J connectivity index is 1.23. The molecule has 0 radical (unpaired) electrons. The maximum absolute atomic E-state index is 11.9. The Kier molecular flexibility index (Phi) is 5.20. The van der Waals surface area contributed by atoms with Crippen molar-refractivity contribution in [1.82, 2.24) is 25.2 Å². The second-order valence-corrected chi connectivity index (χ2v) is 11.7. The smallest absolute Gasteiger partial charge is 0.226 e. The number of hydrogen-bond acceptors (Lipinski definition) is 9. The van der Waals surface area contributed by atoms with Crippen LogP contribution in [0.4, 0.5) is 5.95 Å². The summed E-state index contributed by atoms with van der Waals surface area (Å²) in [5, 5.41) is 3.70. The molecule has 2 aliphatic rings. The van der Waals surface area contributed by atoms with E-state index in [-0.39, 0.29) is 5.54 Å². The highest BCUT2D eigenvalue weighted by atomic mass is 32.2. The molecule has 2 atom stereocenters. The summed E-state index contributed by atoms with van der Waals surface area (Å²) < 4.78 is 20.8. The van der Waals surface area contributed by atoms with Gasteiger partial charge in [0.1, 0.15) is 0 Å². The van der Waals surface area contributed by atoms with Crippen LogP contribution in [0.3, 0.4) is 0 Å². The first kappa shape index (κ1) is 20.7. The van der Waals surface area contributed by atoms with Gasteiger partial charge in [-0.25, -0.2) is 23.9 Å². The highest BCUT2D eigenvalue weighted by Crippen LogP contribution is 2.33. The standard InChI is InChI=1S/C21H27N7OS2/c1-15(16-3-4-19-18(9-16)25-14-30-19)27-7-5-21(6-8-27)12-28(13-26-21)20-23-10-17(11-24-20)31(2,22)29/h3-4,9-11,14-15,22,26H,5-8,12-13H2,1-2H3/t15-,31?/m1/s1. The summed E-state index contributed by atoms with van der Waals surface area (Å²) in [5.41, 5.74) is 4.40. The number of thiazole rings is 1. The van der Waals surface area contributed by atoms with Crippen molar-refractivity contribution in [3.63, 3.8) is 0 Å². The number of hydrogen-bond donors (Lipinski definition) is 2. The maximum Gasteiger partial charge on any atom is 0.226 e. The van der Waals surface area contributed by atoms with Gasteiger partial charge in [-0.1, -0.05) is 6.07 Å². The summed E-state index contributed by atoms with van der Waals surface area (Å²) in [4.78, 5) is 18.3. The first-order valence-electron chi connectivity index (χ1n) is 10.5. The zero-order valence-corrected chi connectivity index (χ0v) is 19.4. The van der Waals surface area contributed by atoms with Crippen molar-refractivity contribution in [2.24, 2.45) is 0 Å². The molecule has 1 spiro atoms. The fourth-order valence-electron chi connectivity index (χ4n) is 4.58. The highest BCUT2D eigenvalue weighted by molar-refractivity contribution is 7.91. The van der Waals surface area contributed by atoms with E-state index in [1.165, 1.54) is 28.9 Å². The zero-order valence-electron chi connectivity index (χ0n) is 17.7. The molecule has 2 fully saturated rings. The molecule has 4 heterocycles. The molecule has 2 aromatic heterocycles. The van der Waals surface area contributed by atoms with Crippen LogP contribution in [0.25, 0.3) is 10.2 Å². The number of piperidine rings is 1. The van der Waals surface area contributed by atoms with E-state index in [4.69, 9.17) is 4.78 Å². The topological polar surface area (TPSA) is 98.1 Å². The first-order chi connectivity index (χ1) is 14.8. The molecular formula is C21H27N7OS2. The molecule has 10 heteroatoms. The number of nitrogens with zero attached hydrogens (tertiary/aromatic N) is 5. The minimum atomic E-state index is -2.78. The van der Waals surface area contributed by atoms with Gasteiger partial charge in [0, 0.05) is 49.9 Å². The van der Waals surface area contributed by atoms with Gasteiger partial charge < -0.3 is 4.90 Å². The Morgan fingerprint density at radius 2 is 1.97 bits per heavy atom. The average molecular weight is 458 g/mol. The fourth-order valence-corrected chi connectivity index (χ4v) is 5.74. The highest BCUT2D eigenvalue weighted by Gasteiger charge is 2.41.